The van der Waals surface area contributed by atoms with E-state index < -0.39 is 42.2 Å². The molecule has 25 nitrogen and oxygen atoms in total. The zero-order valence-corrected chi connectivity index (χ0v) is 54.6. The predicted octanol–water partition coefficient (Wildman–Crippen LogP) is 8.39. The molecule has 4 N–H and O–H groups in total. The van der Waals surface area contributed by atoms with Crippen LogP contribution in [-0.4, -0.2) is 151 Å². The summed E-state index contributed by atoms with van der Waals surface area (Å²) in [4.78, 5) is 100. The molecule has 0 spiro atoms. The Hall–Kier alpha value is -8.14. The van der Waals surface area contributed by atoms with E-state index in [2.05, 4.69) is 120 Å². The lowest BCUT2D eigenvalue weighted by Crippen LogP contribution is -2.44. The predicted molar refractivity (Wildman–Crippen MR) is 352 cm³/mol. The van der Waals surface area contributed by atoms with Gasteiger partial charge in [0, 0.05) is 89.9 Å². The van der Waals surface area contributed by atoms with Gasteiger partial charge in [0.05, 0.1) is 47.4 Å². The molecule has 0 saturated carbocycles. The number of aromatic nitrogens is 14. The average Bonchev–Trinajstić information content (AvgIpc) is 1.63. The number of aliphatic carboxylic acids is 1. The lowest BCUT2D eigenvalue weighted by atomic mass is 10.0. The Morgan fingerprint density at radius 3 is 1.53 bits per heavy atom. The van der Waals surface area contributed by atoms with Crippen molar-refractivity contribution in [3.63, 3.8) is 0 Å². The summed E-state index contributed by atoms with van der Waals surface area (Å²) in [5, 5.41) is 35.6. The quantitative estimate of drug-likeness (QED) is 0.0834. The summed E-state index contributed by atoms with van der Waals surface area (Å²) in [6, 6.07) is 17.0. The Labute approximate surface area is 552 Å². The van der Waals surface area contributed by atoms with Crippen LogP contribution >= 0.6 is 57.8 Å². The number of Topliss-reactive ketones (excluding diaryl/α,β-unsaturated/α-hetero) is 2. The van der Waals surface area contributed by atoms with Crippen LogP contribution in [0.3, 0.4) is 0 Å². The lowest BCUT2D eigenvalue weighted by molar-refractivity contribution is -0.138. The van der Waals surface area contributed by atoms with Gasteiger partial charge in [0.1, 0.15) is 63.7 Å². The van der Waals surface area contributed by atoms with E-state index in [9.17, 15) is 37.5 Å². The molecule has 2 saturated heterocycles. The second-order valence-electron chi connectivity index (χ2n) is 20.2. The van der Waals surface area contributed by atoms with Crippen molar-refractivity contribution in [2.24, 2.45) is 0 Å². The van der Waals surface area contributed by atoms with E-state index in [-0.39, 0.29) is 107 Å². The first kappa shape index (κ1) is 70.9. The highest BCUT2D eigenvalue weighted by Crippen LogP contribution is 2.31. The number of anilines is 2. The summed E-state index contributed by atoms with van der Waals surface area (Å²) in [6.07, 6.45) is 4.32. The molecule has 2 aliphatic rings. The molecular formula is C57H59Br2ClF2N18O7S3. The number of carbonyl (C=O) groups excluding carboxylic acids is 5. The fraction of sp³-hybridized carbons (Fsp3) is 0.298. The number of fused-ring (bicyclic) bond motifs is 4. The van der Waals surface area contributed by atoms with Crippen molar-refractivity contribution in [1.29, 1.82) is 0 Å². The monoisotopic (exact) mass is 1430 g/mol. The maximum atomic E-state index is 14.5. The van der Waals surface area contributed by atoms with E-state index >= 15 is 0 Å². The standard InChI is InChI=1S/C28H25BrFN9O3.C18H15N5O3.C10H12BrFN4O.CH4.ClH.S2.H2S/c1-14-27(29)33-23(10-31-14)34-28(42)22-9-19(30)12-37(22)25(41)13-38-21-6-4-17(8-20(21)26(36-38)15(2)40)18-5-7-24-32-16(3)35-39(24)11-18;1-10(24)18-14-7-12(3-5-15(14)22(21-18)9-17(25)26)13-4-6-16-19-11(2)20-23(16)8-13;1-5-9(11)15-8(4-13-5)16-10(17)7-2-6(12)3-14-7;;;1-2;/h4-8,10-11,19,22H,9,12-13H2,1-3H3,(H,33,34,42);3-8H,9H2,1-2H3,(H,25,26);4,6-7,14H,2-3H2,1H3,(H,15,16,17);1H4;1H;;1H2/t19-,22+;;6-,7+;;;;/m1.1..../s1. The van der Waals surface area contributed by atoms with E-state index in [1.54, 1.807) is 35.0 Å². The molecule has 472 valence electrons. The van der Waals surface area contributed by atoms with E-state index in [1.165, 1.54) is 40.5 Å². The van der Waals surface area contributed by atoms with Gasteiger partial charge in [-0.15, -0.1) is 12.4 Å². The van der Waals surface area contributed by atoms with Crippen LogP contribution in [0.4, 0.5) is 20.4 Å². The van der Waals surface area contributed by atoms with Crippen LogP contribution in [0, 0.1) is 27.7 Å². The second kappa shape index (κ2) is 30.6. The Kier molecular flexibility index (Phi) is 24.1. The van der Waals surface area contributed by atoms with Crippen LogP contribution in [0.15, 0.2) is 94.7 Å². The van der Waals surface area contributed by atoms with Gasteiger partial charge in [-0.05, 0) is 119 Å². The number of likely N-dealkylation sites (tertiary alicyclic amines) is 1. The van der Waals surface area contributed by atoms with Crippen LogP contribution in [0.1, 0.15) is 78.1 Å². The van der Waals surface area contributed by atoms with Crippen molar-refractivity contribution in [3.05, 3.63) is 129 Å². The first-order chi connectivity index (χ1) is 41.5. The summed E-state index contributed by atoms with van der Waals surface area (Å²) in [7, 11) is 0. The van der Waals surface area contributed by atoms with E-state index in [0.717, 1.165) is 39.2 Å². The van der Waals surface area contributed by atoms with Gasteiger partial charge in [-0.25, -0.2) is 37.7 Å². The fourth-order valence-corrected chi connectivity index (χ4v) is 10.3. The molecule has 33 heteroatoms. The maximum Gasteiger partial charge on any atom is 0.325 e. The number of hydrogen-bond acceptors (Lipinski definition) is 19. The largest absolute Gasteiger partial charge is 0.480 e. The van der Waals surface area contributed by atoms with Crippen molar-refractivity contribution >= 4 is 160 Å². The van der Waals surface area contributed by atoms with Crippen molar-refractivity contribution in [3.8, 4) is 22.3 Å². The number of rotatable bonds is 12. The first-order valence-electron chi connectivity index (χ1n) is 26.5. The first-order valence-corrected chi connectivity index (χ1v) is 29.5. The minimum Gasteiger partial charge on any atom is -0.480 e. The van der Waals surface area contributed by atoms with E-state index in [4.69, 9.17) is 5.11 Å². The summed E-state index contributed by atoms with van der Waals surface area (Å²) in [6.45, 7) is 9.44. The summed E-state index contributed by atoms with van der Waals surface area (Å²) >= 11 is 13.8. The van der Waals surface area contributed by atoms with Gasteiger partial charge in [0.2, 0.25) is 17.7 Å². The van der Waals surface area contributed by atoms with E-state index in [1.807, 2.05) is 74.8 Å². The third-order valence-electron chi connectivity index (χ3n) is 13.8. The van der Waals surface area contributed by atoms with Gasteiger partial charge in [-0.3, -0.25) is 48.1 Å². The van der Waals surface area contributed by atoms with Crippen LogP contribution in [-0.2, 0) is 54.6 Å². The van der Waals surface area contributed by atoms with Crippen LogP contribution in [0.5, 0.6) is 0 Å². The molecule has 0 bridgehead atoms. The van der Waals surface area contributed by atoms with Crippen LogP contribution in [0.2, 0.25) is 0 Å². The number of nitrogens with zero attached hydrogens (tertiary/aromatic N) is 15. The molecule has 12 rings (SSSR count). The molecular weight excluding hydrogens is 1380 g/mol. The molecule has 0 radical (unpaired) electrons. The smallest absolute Gasteiger partial charge is 0.325 e. The molecule has 90 heavy (non-hydrogen) atoms. The second-order valence-corrected chi connectivity index (χ2v) is 21.7. The van der Waals surface area contributed by atoms with Gasteiger partial charge in [-0.1, -0.05) is 19.6 Å². The summed E-state index contributed by atoms with van der Waals surface area (Å²) < 4.78 is 34.6. The number of benzene rings is 2. The van der Waals surface area contributed by atoms with Gasteiger partial charge < -0.3 is 26.0 Å². The molecule has 0 aliphatic carbocycles. The number of carbonyl (C=O) groups is 6. The Bertz CT molecular complexity index is 4360. The topological polar surface area (TPSA) is 310 Å². The molecule has 2 aromatic carbocycles. The molecule has 10 heterocycles. The molecule has 2 aliphatic heterocycles. The van der Waals surface area contributed by atoms with Gasteiger partial charge in [0.15, 0.2) is 34.5 Å². The number of ketones is 2. The SMILES string of the molecule is C.CC(=O)c1nn(CC(=O)N2C[C@H](F)C[C@H]2C(=O)Nc2cnc(C)c(Br)n2)c2ccc(-c3ccc4nc(C)nn4c3)cc12.CC(=O)c1nn(CC(=O)O)c2ccc(-c3ccc4nc(C)nn4c3)cc12.Cc1ncc(NC(=O)[C@@H]2C[C@@H](F)CN2)nc1Br.Cl.S.S=S. The van der Waals surface area contributed by atoms with Crippen LogP contribution < -0.4 is 16.0 Å². The van der Waals surface area contributed by atoms with Gasteiger partial charge in [-0.2, -0.15) is 33.9 Å². The third-order valence-corrected chi connectivity index (χ3v) is 15.3. The normalized spacial score (nSPS) is 15.6. The molecule has 4 atom stereocenters. The minimum atomic E-state index is -1.36. The Morgan fingerprint density at radius 2 is 1.10 bits per heavy atom. The highest BCUT2D eigenvalue weighted by molar-refractivity contribution is 9.10. The Morgan fingerprint density at radius 1 is 0.644 bits per heavy atom. The van der Waals surface area contributed by atoms with Crippen molar-refractivity contribution in [2.45, 2.75) is 99.3 Å². The van der Waals surface area contributed by atoms with Crippen LogP contribution in [0.25, 0.3) is 55.4 Å². The highest BCUT2D eigenvalue weighted by Gasteiger charge is 2.40. The number of halogens is 5. The lowest BCUT2D eigenvalue weighted by Gasteiger charge is -2.23. The van der Waals surface area contributed by atoms with Gasteiger partial charge in [0.25, 0.3) is 0 Å². The zero-order chi connectivity index (χ0) is 62.5. The zero-order valence-electron chi connectivity index (χ0n) is 48.0. The number of hydrogen-bond donors (Lipinski definition) is 4. The third kappa shape index (κ3) is 16.2. The van der Waals surface area contributed by atoms with Crippen molar-refractivity contribution in [2.75, 3.05) is 23.7 Å². The molecule has 10 aromatic rings. The number of carboxylic acids is 1. The number of pyridine rings is 2. The number of alkyl halides is 2. The average molecular weight is 1440 g/mol. The fourth-order valence-electron chi connectivity index (χ4n) is 9.75. The van der Waals surface area contributed by atoms with Gasteiger partial charge >= 0.3 is 5.97 Å². The molecule has 3 amide bonds. The number of aryl methyl sites for hydroxylation is 4. The molecule has 2 fully saturated rings. The highest BCUT2D eigenvalue weighted by atomic mass is 79.9. The molecule has 8 aromatic heterocycles. The van der Waals surface area contributed by atoms with E-state index in [0.29, 0.717) is 54.2 Å². The summed E-state index contributed by atoms with van der Waals surface area (Å²) in [5.74, 6) is -0.948. The minimum absolute atomic E-state index is 0. The number of nitrogens with one attached hydrogen (secondary N) is 3. The van der Waals surface area contributed by atoms with Crippen molar-refractivity contribution < 1.29 is 42.7 Å². The molecule has 0 unspecified atom stereocenters. The maximum absolute atomic E-state index is 14.5. The summed E-state index contributed by atoms with van der Waals surface area (Å²) in [5.41, 5.74) is 7.98. The number of amides is 3. The van der Waals surface area contributed by atoms with Crippen molar-refractivity contribution in [1.82, 2.24) is 78.9 Å². The number of carboxylic acid groups (broad SMARTS) is 1. The Balaban J connectivity index is 0.000000229.